The van der Waals surface area contributed by atoms with Gasteiger partial charge in [-0.3, -0.25) is 0 Å². The standard InChI is InChI=1S/C21H30N6O.HI/c1-4-16-15(19(5-2)28-27-16)14-24-21(22-6-3)23-13-9-12-20-25-17-10-7-8-11-18(17)26-20;/h7-8,10-11H,4-6,9,12-14H2,1-3H3,(H,25,26)(H2,22,23,24);1H. The van der Waals surface area contributed by atoms with Crippen molar-refractivity contribution >= 4 is 41.0 Å². The Hall–Kier alpha value is -2.10. The third-order valence-electron chi connectivity index (χ3n) is 4.67. The van der Waals surface area contributed by atoms with E-state index in [1.165, 1.54) is 0 Å². The lowest BCUT2D eigenvalue weighted by Gasteiger charge is -2.11. The van der Waals surface area contributed by atoms with Crippen molar-refractivity contribution in [1.82, 2.24) is 25.8 Å². The maximum absolute atomic E-state index is 5.43. The fraction of sp³-hybridized carbons (Fsp3) is 0.476. The molecule has 0 atom stereocenters. The van der Waals surface area contributed by atoms with Crippen LogP contribution < -0.4 is 10.6 Å². The monoisotopic (exact) mass is 510 g/mol. The molecule has 0 aliphatic heterocycles. The van der Waals surface area contributed by atoms with Crippen molar-refractivity contribution in [3.8, 4) is 0 Å². The summed E-state index contributed by atoms with van der Waals surface area (Å²) in [5, 5.41) is 10.9. The highest BCUT2D eigenvalue weighted by atomic mass is 127. The predicted molar refractivity (Wildman–Crippen MR) is 128 cm³/mol. The van der Waals surface area contributed by atoms with Crippen LogP contribution in [0, 0.1) is 0 Å². The second-order valence-electron chi connectivity index (χ2n) is 6.66. The highest BCUT2D eigenvalue weighted by Crippen LogP contribution is 2.16. The van der Waals surface area contributed by atoms with E-state index in [-0.39, 0.29) is 24.0 Å². The number of guanidine groups is 1. The maximum atomic E-state index is 5.43. The quantitative estimate of drug-likeness (QED) is 0.175. The number of nitrogens with zero attached hydrogens (tertiary/aromatic N) is 3. The van der Waals surface area contributed by atoms with E-state index in [9.17, 15) is 0 Å². The van der Waals surface area contributed by atoms with Crippen molar-refractivity contribution in [2.45, 2.75) is 53.0 Å². The molecule has 1 aromatic carbocycles. The molecule has 8 heteroatoms. The summed E-state index contributed by atoms with van der Waals surface area (Å²) in [7, 11) is 0. The second kappa shape index (κ2) is 11.8. The number of H-pyrrole nitrogens is 1. The van der Waals surface area contributed by atoms with Gasteiger partial charge in [-0.2, -0.15) is 0 Å². The van der Waals surface area contributed by atoms with Crippen molar-refractivity contribution in [2.75, 3.05) is 13.1 Å². The number of rotatable bonds is 9. The zero-order chi connectivity index (χ0) is 19.8. The van der Waals surface area contributed by atoms with Crippen molar-refractivity contribution in [3.05, 3.63) is 47.1 Å². The van der Waals surface area contributed by atoms with Gasteiger partial charge in [0.2, 0.25) is 0 Å². The molecule has 2 heterocycles. The molecule has 29 heavy (non-hydrogen) atoms. The summed E-state index contributed by atoms with van der Waals surface area (Å²) in [5.74, 6) is 2.77. The number of aromatic amines is 1. The van der Waals surface area contributed by atoms with Crippen LogP contribution in [0.2, 0.25) is 0 Å². The number of aryl methyl sites for hydroxylation is 3. The molecule has 0 saturated heterocycles. The van der Waals surface area contributed by atoms with E-state index in [1.54, 1.807) is 0 Å². The van der Waals surface area contributed by atoms with Crippen LogP contribution in [0.15, 0.2) is 33.8 Å². The van der Waals surface area contributed by atoms with E-state index in [2.05, 4.69) is 52.6 Å². The first kappa shape index (κ1) is 23.2. The minimum Gasteiger partial charge on any atom is -0.361 e. The topological polar surface area (TPSA) is 91.1 Å². The number of aliphatic imine (C=N–C) groups is 1. The van der Waals surface area contributed by atoms with Crippen molar-refractivity contribution in [3.63, 3.8) is 0 Å². The number of hydrogen-bond donors (Lipinski definition) is 3. The van der Waals surface area contributed by atoms with Crippen molar-refractivity contribution < 1.29 is 4.52 Å². The summed E-state index contributed by atoms with van der Waals surface area (Å²) in [6.07, 6.45) is 3.56. The summed E-state index contributed by atoms with van der Waals surface area (Å²) in [6, 6.07) is 8.12. The molecular formula is C21H31IN6O. The minimum absolute atomic E-state index is 0. The van der Waals surface area contributed by atoms with E-state index >= 15 is 0 Å². The molecule has 0 spiro atoms. The van der Waals surface area contributed by atoms with E-state index < -0.39 is 0 Å². The Morgan fingerprint density at radius 2 is 1.97 bits per heavy atom. The summed E-state index contributed by atoms with van der Waals surface area (Å²) in [6.45, 7) is 8.46. The van der Waals surface area contributed by atoms with E-state index in [1.807, 2.05) is 18.2 Å². The molecule has 0 bridgehead atoms. The Bertz CT molecular complexity index is 862. The summed E-state index contributed by atoms with van der Waals surface area (Å²) < 4.78 is 5.43. The number of hydrogen-bond acceptors (Lipinski definition) is 4. The highest BCUT2D eigenvalue weighted by molar-refractivity contribution is 14.0. The molecule has 3 aromatic rings. The molecule has 3 rings (SSSR count). The molecule has 0 radical (unpaired) electrons. The van der Waals surface area contributed by atoms with Crippen LogP contribution in [0.1, 0.15) is 50.0 Å². The lowest BCUT2D eigenvalue weighted by atomic mass is 10.1. The molecule has 3 N–H and O–H groups in total. The van der Waals surface area contributed by atoms with Gasteiger partial charge in [-0.25, -0.2) is 9.98 Å². The number of para-hydroxylation sites is 2. The van der Waals surface area contributed by atoms with Gasteiger partial charge >= 0.3 is 0 Å². The van der Waals surface area contributed by atoms with Crippen LogP contribution in [0.3, 0.4) is 0 Å². The smallest absolute Gasteiger partial charge is 0.191 e. The third-order valence-corrected chi connectivity index (χ3v) is 4.67. The van der Waals surface area contributed by atoms with E-state index in [0.717, 1.165) is 78.6 Å². The zero-order valence-corrected chi connectivity index (χ0v) is 19.7. The van der Waals surface area contributed by atoms with E-state index in [0.29, 0.717) is 6.54 Å². The number of fused-ring (bicyclic) bond motifs is 1. The fourth-order valence-electron chi connectivity index (χ4n) is 3.20. The van der Waals surface area contributed by atoms with Gasteiger partial charge in [0.1, 0.15) is 11.6 Å². The molecule has 158 valence electrons. The second-order valence-corrected chi connectivity index (χ2v) is 6.66. The summed E-state index contributed by atoms with van der Waals surface area (Å²) in [5.41, 5.74) is 4.23. The fourth-order valence-corrected chi connectivity index (χ4v) is 3.20. The molecule has 0 amide bonds. The number of nitrogens with one attached hydrogen (secondary N) is 3. The molecule has 2 aromatic heterocycles. The van der Waals surface area contributed by atoms with Gasteiger partial charge in [0.25, 0.3) is 0 Å². The Balaban J connectivity index is 0.00000300. The molecule has 0 aliphatic carbocycles. The molecule has 7 nitrogen and oxygen atoms in total. The average Bonchev–Trinajstić information content (AvgIpc) is 3.31. The van der Waals surface area contributed by atoms with Gasteiger partial charge < -0.3 is 20.1 Å². The molecule has 0 saturated carbocycles. The van der Waals surface area contributed by atoms with Crippen LogP contribution in [-0.2, 0) is 25.8 Å². The molecule has 0 fully saturated rings. The minimum atomic E-state index is 0. The van der Waals surface area contributed by atoms with Gasteiger partial charge in [0, 0.05) is 31.5 Å². The SMILES string of the molecule is CCNC(=NCc1c(CC)noc1CC)NCCCc1nc2ccccc2[nH]1.I. The lowest BCUT2D eigenvalue weighted by Crippen LogP contribution is -2.37. The first-order chi connectivity index (χ1) is 13.7. The Kier molecular flexibility index (Phi) is 9.43. The number of aromatic nitrogens is 3. The predicted octanol–water partition coefficient (Wildman–Crippen LogP) is 3.98. The van der Waals surface area contributed by atoms with Gasteiger partial charge in [-0.1, -0.05) is 31.1 Å². The van der Waals surface area contributed by atoms with Crippen LogP contribution in [0.4, 0.5) is 0 Å². The lowest BCUT2D eigenvalue weighted by molar-refractivity contribution is 0.380. The number of benzene rings is 1. The van der Waals surface area contributed by atoms with Gasteiger partial charge in [-0.05, 0) is 31.9 Å². The van der Waals surface area contributed by atoms with Crippen LogP contribution >= 0.6 is 24.0 Å². The Labute approximate surface area is 189 Å². The molecular weight excluding hydrogens is 479 g/mol. The largest absolute Gasteiger partial charge is 0.361 e. The first-order valence-corrected chi connectivity index (χ1v) is 10.2. The summed E-state index contributed by atoms with van der Waals surface area (Å²) >= 11 is 0. The Morgan fingerprint density at radius 3 is 2.69 bits per heavy atom. The van der Waals surface area contributed by atoms with Crippen LogP contribution in [0.5, 0.6) is 0 Å². The first-order valence-electron chi connectivity index (χ1n) is 10.2. The van der Waals surface area contributed by atoms with Crippen LogP contribution in [0.25, 0.3) is 11.0 Å². The van der Waals surface area contributed by atoms with Gasteiger partial charge in [0.15, 0.2) is 5.96 Å². The average molecular weight is 510 g/mol. The molecule has 0 unspecified atom stereocenters. The number of imidazole rings is 1. The number of halogens is 1. The van der Waals surface area contributed by atoms with Gasteiger partial charge in [-0.15, -0.1) is 24.0 Å². The molecule has 0 aliphatic rings. The highest BCUT2D eigenvalue weighted by Gasteiger charge is 2.13. The Morgan fingerprint density at radius 1 is 1.14 bits per heavy atom. The normalized spacial score (nSPS) is 11.5. The van der Waals surface area contributed by atoms with E-state index in [4.69, 9.17) is 9.52 Å². The van der Waals surface area contributed by atoms with Crippen molar-refractivity contribution in [1.29, 1.82) is 0 Å². The zero-order valence-electron chi connectivity index (χ0n) is 17.4. The van der Waals surface area contributed by atoms with Crippen LogP contribution in [-0.4, -0.2) is 34.2 Å². The van der Waals surface area contributed by atoms with Crippen molar-refractivity contribution in [2.24, 2.45) is 4.99 Å². The van der Waals surface area contributed by atoms with Gasteiger partial charge in [0.05, 0.1) is 23.3 Å². The summed E-state index contributed by atoms with van der Waals surface area (Å²) in [4.78, 5) is 12.7. The third kappa shape index (κ3) is 6.19. The maximum Gasteiger partial charge on any atom is 0.191 e.